The lowest BCUT2D eigenvalue weighted by Crippen LogP contribution is -2.25. The largest absolute Gasteiger partial charge is 0.486 e. The quantitative estimate of drug-likeness (QED) is 0.353. The standard InChI is InChI=1S/C11H15N3O3/c1-7-3-4-9(14(15)16)10(5-7)17-6-8(2)11(12)13/h3-5,8H,6H2,1-2H3,(H3,12,13). The molecule has 1 unspecified atom stereocenters. The highest BCUT2D eigenvalue weighted by atomic mass is 16.6. The number of ether oxygens (including phenoxy) is 1. The van der Waals surface area contributed by atoms with Crippen LogP contribution in [0, 0.1) is 28.4 Å². The van der Waals surface area contributed by atoms with Crippen molar-refractivity contribution in [1.29, 1.82) is 5.41 Å². The molecule has 1 aromatic carbocycles. The van der Waals surface area contributed by atoms with Crippen LogP contribution < -0.4 is 10.5 Å². The molecule has 0 spiro atoms. The van der Waals surface area contributed by atoms with Crippen LogP contribution >= 0.6 is 0 Å². The van der Waals surface area contributed by atoms with Gasteiger partial charge in [0.15, 0.2) is 5.75 Å². The fraction of sp³-hybridized carbons (Fsp3) is 0.364. The van der Waals surface area contributed by atoms with E-state index in [1.54, 1.807) is 19.1 Å². The number of aryl methyl sites for hydroxylation is 1. The molecule has 0 amide bonds. The van der Waals surface area contributed by atoms with Gasteiger partial charge in [-0.1, -0.05) is 13.0 Å². The van der Waals surface area contributed by atoms with Gasteiger partial charge in [0, 0.05) is 12.0 Å². The number of nitrogens with two attached hydrogens (primary N) is 1. The van der Waals surface area contributed by atoms with Crippen molar-refractivity contribution >= 4 is 11.5 Å². The summed E-state index contributed by atoms with van der Waals surface area (Å²) in [5, 5.41) is 18.0. The summed E-state index contributed by atoms with van der Waals surface area (Å²) in [5.74, 6) is -0.0569. The molecule has 6 heteroatoms. The van der Waals surface area contributed by atoms with Crippen LogP contribution in [0.3, 0.4) is 0 Å². The average Bonchev–Trinajstić information content (AvgIpc) is 2.25. The van der Waals surface area contributed by atoms with Crippen molar-refractivity contribution in [2.75, 3.05) is 6.61 Å². The van der Waals surface area contributed by atoms with E-state index in [0.29, 0.717) is 0 Å². The molecular weight excluding hydrogens is 222 g/mol. The van der Waals surface area contributed by atoms with Crippen LogP contribution in [-0.4, -0.2) is 17.4 Å². The van der Waals surface area contributed by atoms with E-state index in [9.17, 15) is 10.1 Å². The molecule has 0 saturated heterocycles. The van der Waals surface area contributed by atoms with Gasteiger partial charge in [0.25, 0.3) is 0 Å². The normalized spacial score (nSPS) is 11.9. The summed E-state index contributed by atoms with van der Waals surface area (Å²) in [6.45, 7) is 3.70. The predicted molar refractivity (Wildman–Crippen MR) is 64.4 cm³/mol. The first kappa shape index (κ1) is 13.0. The third kappa shape index (κ3) is 3.44. The molecule has 3 N–H and O–H groups in total. The van der Waals surface area contributed by atoms with E-state index in [-0.39, 0.29) is 29.8 Å². The molecule has 0 aliphatic heterocycles. The van der Waals surface area contributed by atoms with Crippen molar-refractivity contribution in [2.24, 2.45) is 11.7 Å². The lowest BCUT2D eigenvalue weighted by molar-refractivity contribution is -0.385. The van der Waals surface area contributed by atoms with Crippen LogP contribution in [0.1, 0.15) is 12.5 Å². The number of nitro groups is 1. The number of rotatable bonds is 5. The summed E-state index contributed by atoms with van der Waals surface area (Å²) in [5.41, 5.74) is 6.10. The van der Waals surface area contributed by atoms with Crippen molar-refractivity contribution < 1.29 is 9.66 Å². The Morgan fingerprint density at radius 3 is 2.82 bits per heavy atom. The minimum absolute atomic E-state index is 0.000283. The minimum Gasteiger partial charge on any atom is -0.486 e. The number of hydrogen-bond donors (Lipinski definition) is 2. The maximum atomic E-state index is 10.8. The molecule has 0 saturated carbocycles. The fourth-order valence-electron chi connectivity index (χ4n) is 1.19. The molecule has 6 nitrogen and oxygen atoms in total. The van der Waals surface area contributed by atoms with E-state index < -0.39 is 4.92 Å². The predicted octanol–water partition coefficient (Wildman–Crippen LogP) is 1.85. The van der Waals surface area contributed by atoms with E-state index in [2.05, 4.69) is 0 Å². The van der Waals surface area contributed by atoms with Gasteiger partial charge in [0.05, 0.1) is 17.4 Å². The first-order valence-electron chi connectivity index (χ1n) is 5.13. The Morgan fingerprint density at radius 1 is 1.65 bits per heavy atom. The lowest BCUT2D eigenvalue weighted by Gasteiger charge is -2.11. The topological polar surface area (TPSA) is 102 Å². The van der Waals surface area contributed by atoms with Crippen LogP contribution in [0.5, 0.6) is 5.75 Å². The fourth-order valence-corrected chi connectivity index (χ4v) is 1.19. The van der Waals surface area contributed by atoms with E-state index in [4.69, 9.17) is 15.9 Å². The number of nitrogens with one attached hydrogen (secondary N) is 1. The number of nitro benzene ring substituents is 1. The SMILES string of the molecule is Cc1ccc([N+](=O)[O-])c(OCC(C)C(=N)N)c1. The van der Waals surface area contributed by atoms with Crippen LogP contribution in [-0.2, 0) is 0 Å². The molecule has 0 aromatic heterocycles. The third-order valence-corrected chi connectivity index (χ3v) is 2.33. The van der Waals surface area contributed by atoms with Crippen LogP contribution in [0.25, 0.3) is 0 Å². The Morgan fingerprint density at radius 2 is 2.29 bits per heavy atom. The maximum absolute atomic E-state index is 10.8. The number of benzene rings is 1. The van der Waals surface area contributed by atoms with Crippen molar-refractivity contribution in [3.05, 3.63) is 33.9 Å². The second-order valence-electron chi connectivity index (χ2n) is 3.90. The lowest BCUT2D eigenvalue weighted by atomic mass is 10.2. The molecule has 0 aliphatic rings. The van der Waals surface area contributed by atoms with E-state index in [1.807, 2.05) is 6.92 Å². The molecule has 92 valence electrons. The first-order chi connectivity index (χ1) is 7.91. The molecule has 0 aliphatic carbocycles. The second kappa shape index (κ2) is 5.29. The zero-order valence-corrected chi connectivity index (χ0v) is 9.77. The molecule has 0 bridgehead atoms. The summed E-state index contributed by atoms with van der Waals surface area (Å²) < 4.78 is 5.34. The molecule has 0 radical (unpaired) electrons. The third-order valence-electron chi connectivity index (χ3n) is 2.33. The van der Waals surface area contributed by atoms with Crippen LogP contribution in [0.15, 0.2) is 18.2 Å². The Bertz CT molecular complexity index is 446. The van der Waals surface area contributed by atoms with Crippen molar-refractivity contribution in [2.45, 2.75) is 13.8 Å². The Kier molecular flexibility index (Phi) is 4.03. The summed E-state index contributed by atoms with van der Waals surface area (Å²) in [4.78, 5) is 10.3. The summed E-state index contributed by atoms with van der Waals surface area (Å²) in [6.07, 6.45) is 0. The van der Waals surface area contributed by atoms with Gasteiger partial charge in [-0.15, -0.1) is 0 Å². The summed E-state index contributed by atoms with van der Waals surface area (Å²) in [7, 11) is 0. The Labute approximate surface area is 99.0 Å². The smallest absolute Gasteiger partial charge is 0.310 e. The van der Waals surface area contributed by atoms with Crippen LogP contribution in [0.2, 0.25) is 0 Å². The molecule has 1 atom stereocenters. The number of nitrogens with zero attached hydrogens (tertiary/aromatic N) is 1. The maximum Gasteiger partial charge on any atom is 0.310 e. The van der Waals surface area contributed by atoms with Gasteiger partial charge in [-0.05, 0) is 18.6 Å². The van der Waals surface area contributed by atoms with Crippen molar-refractivity contribution in [1.82, 2.24) is 0 Å². The average molecular weight is 237 g/mol. The highest BCUT2D eigenvalue weighted by Crippen LogP contribution is 2.28. The summed E-state index contributed by atoms with van der Waals surface area (Å²) in [6, 6.07) is 4.66. The molecule has 1 aromatic rings. The monoisotopic (exact) mass is 237 g/mol. The van der Waals surface area contributed by atoms with E-state index in [0.717, 1.165) is 5.56 Å². The summed E-state index contributed by atoms with van der Waals surface area (Å²) >= 11 is 0. The van der Waals surface area contributed by atoms with Gasteiger partial charge in [-0.25, -0.2) is 0 Å². The van der Waals surface area contributed by atoms with Crippen molar-refractivity contribution in [3.8, 4) is 5.75 Å². The van der Waals surface area contributed by atoms with Gasteiger partial charge in [-0.2, -0.15) is 0 Å². The highest BCUT2D eigenvalue weighted by molar-refractivity contribution is 5.79. The zero-order chi connectivity index (χ0) is 13.0. The van der Waals surface area contributed by atoms with Gasteiger partial charge in [0.1, 0.15) is 0 Å². The van der Waals surface area contributed by atoms with Gasteiger partial charge in [-0.3, -0.25) is 15.5 Å². The molecule has 0 heterocycles. The van der Waals surface area contributed by atoms with E-state index in [1.165, 1.54) is 6.07 Å². The van der Waals surface area contributed by atoms with Gasteiger partial charge < -0.3 is 10.5 Å². The Hall–Kier alpha value is -2.11. The molecular formula is C11H15N3O3. The van der Waals surface area contributed by atoms with Crippen LogP contribution in [0.4, 0.5) is 5.69 Å². The number of amidine groups is 1. The van der Waals surface area contributed by atoms with Gasteiger partial charge >= 0.3 is 5.69 Å². The van der Waals surface area contributed by atoms with Gasteiger partial charge in [0.2, 0.25) is 0 Å². The van der Waals surface area contributed by atoms with Crippen molar-refractivity contribution in [3.63, 3.8) is 0 Å². The molecule has 17 heavy (non-hydrogen) atoms. The highest BCUT2D eigenvalue weighted by Gasteiger charge is 2.16. The molecule has 1 rings (SSSR count). The zero-order valence-electron chi connectivity index (χ0n) is 9.77. The Balaban J connectivity index is 2.85. The van der Waals surface area contributed by atoms with E-state index >= 15 is 0 Å². The second-order valence-corrected chi connectivity index (χ2v) is 3.90. The first-order valence-corrected chi connectivity index (χ1v) is 5.13. The molecule has 0 fully saturated rings. The minimum atomic E-state index is -0.493. The number of hydrogen-bond acceptors (Lipinski definition) is 4.